The van der Waals surface area contributed by atoms with Crippen LogP contribution in [0.15, 0.2) is 48.6 Å². The van der Waals surface area contributed by atoms with Gasteiger partial charge in [-0.1, -0.05) is 77.6 Å². The summed E-state index contributed by atoms with van der Waals surface area (Å²) in [5, 5.41) is 0.663. The molecule has 0 aromatic heterocycles. The summed E-state index contributed by atoms with van der Waals surface area (Å²) in [4.78, 5) is 0. The Morgan fingerprint density at radius 2 is 1.90 bits per heavy atom. The molecule has 0 N–H and O–H groups in total. The second-order valence-corrected chi connectivity index (χ2v) is 10.2. The Morgan fingerprint density at radius 3 is 2.50 bits per heavy atom. The van der Waals surface area contributed by atoms with Crippen LogP contribution in [-0.4, -0.2) is 16.9 Å². The minimum atomic E-state index is -3.22. The second kappa shape index (κ2) is 6.20. The molecule has 0 bridgehead atoms. The van der Waals surface area contributed by atoms with Crippen LogP contribution in [0.2, 0.25) is 5.02 Å². The lowest BCUT2D eigenvalue weighted by Gasteiger charge is -2.30. The Balaban J connectivity index is 2.13. The first-order valence-electron chi connectivity index (χ1n) is 6.37. The maximum absolute atomic E-state index is 12.6. The van der Waals surface area contributed by atoms with E-state index in [0.717, 1.165) is 5.56 Å². The minimum Gasteiger partial charge on any atom is -0.227 e. The molecule has 2 atom stereocenters. The van der Waals surface area contributed by atoms with E-state index in [4.69, 9.17) is 11.6 Å². The highest BCUT2D eigenvalue weighted by atomic mass is 127. The van der Waals surface area contributed by atoms with E-state index >= 15 is 0 Å². The second-order valence-electron chi connectivity index (χ2n) is 4.93. The summed E-state index contributed by atoms with van der Waals surface area (Å²) in [5.41, 5.74) is 0.987. The average molecular weight is 423 g/mol. The largest absolute Gasteiger partial charge is 0.227 e. The first-order chi connectivity index (χ1) is 9.35. The van der Waals surface area contributed by atoms with Gasteiger partial charge in [0.1, 0.15) is 2.75 Å². The summed E-state index contributed by atoms with van der Waals surface area (Å²) >= 11 is 7.89. The third kappa shape index (κ3) is 3.28. The lowest BCUT2D eigenvalue weighted by molar-refractivity contribution is 0.567. The van der Waals surface area contributed by atoms with Crippen LogP contribution < -0.4 is 0 Å². The van der Waals surface area contributed by atoms with Crippen molar-refractivity contribution in [3.05, 3.63) is 59.2 Å². The molecule has 1 aromatic rings. The number of aryl methyl sites for hydroxylation is 1. The average Bonchev–Trinajstić information content (AvgIpc) is 2.41. The van der Waals surface area contributed by atoms with Crippen molar-refractivity contribution in [2.75, 3.05) is 5.75 Å². The number of sulfone groups is 1. The fourth-order valence-corrected chi connectivity index (χ4v) is 5.10. The number of benzene rings is 1. The van der Waals surface area contributed by atoms with Gasteiger partial charge >= 0.3 is 0 Å². The normalized spacial score (nSPS) is 25.9. The molecule has 5 heteroatoms. The first-order valence-corrected chi connectivity index (χ1v) is 9.48. The van der Waals surface area contributed by atoms with Crippen LogP contribution in [0.1, 0.15) is 12.5 Å². The standard InChI is InChI=1S/C15H16ClIO2S/c1-12-4-2-3-10-15(12,17)20(18,19)11-9-13-5-7-14(16)8-6-13/h2-8,10,12H,9,11H2,1H3. The molecular weight excluding hydrogens is 407 g/mol. The van der Waals surface area contributed by atoms with Crippen molar-refractivity contribution in [3.8, 4) is 0 Å². The number of allylic oxidation sites excluding steroid dienone is 3. The Morgan fingerprint density at radius 1 is 1.25 bits per heavy atom. The summed E-state index contributed by atoms with van der Waals surface area (Å²) in [5.74, 6) is 0.114. The minimum absolute atomic E-state index is 0.0247. The molecule has 0 amide bonds. The molecule has 108 valence electrons. The van der Waals surface area contributed by atoms with Gasteiger partial charge in [-0.3, -0.25) is 0 Å². The lowest BCUT2D eigenvalue weighted by Crippen LogP contribution is -2.39. The highest BCUT2D eigenvalue weighted by Crippen LogP contribution is 2.39. The number of hydrogen-bond donors (Lipinski definition) is 0. The van der Waals surface area contributed by atoms with Gasteiger partial charge in [-0.2, -0.15) is 0 Å². The van der Waals surface area contributed by atoms with Crippen molar-refractivity contribution in [2.45, 2.75) is 16.1 Å². The smallest absolute Gasteiger partial charge is 0.169 e. The van der Waals surface area contributed by atoms with E-state index < -0.39 is 12.6 Å². The highest BCUT2D eigenvalue weighted by molar-refractivity contribution is 14.1. The summed E-state index contributed by atoms with van der Waals surface area (Å²) in [6.45, 7) is 1.94. The molecule has 0 spiro atoms. The van der Waals surface area contributed by atoms with Crippen molar-refractivity contribution < 1.29 is 8.42 Å². The van der Waals surface area contributed by atoms with Gasteiger partial charge in [0.2, 0.25) is 0 Å². The number of halogens is 2. The van der Waals surface area contributed by atoms with Crippen LogP contribution in [0, 0.1) is 5.92 Å². The topological polar surface area (TPSA) is 34.1 Å². The molecule has 2 nitrogen and oxygen atoms in total. The maximum Gasteiger partial charge on any atom is 0.169 e. The van der Waals surface area contributed by atoms with Crippen molar-refractivity contribution >= 4 is 44.0 Å². The van der Waals surface area contributed by atoms with Crippen molar-refractivity contribution in [1.29, 1.82) is 0 Å². The summed E-state index contributed by atoms with van der Waals surface area (Å²) in [6.07, 6.45) is 7.94. The predicted molar refractivity (Wildman–Crippen MR) is 93.1 cm³/mol. The molecule has 1 aliphatic rings. The molecule has 0 radical (unpaired) electrons. The van der Waals surface area contributed by atoms with E-state index in [2.05, 4.69) is 22.6 Å². The molecule has 2 unspecified atom stereocenters. The molecule has 1 aliphatic carbocycles. The van der Waals surface area contributed by atoms with E-state index in [1.165, 1.54) is 0 Å². The van der Waals surface area contributed by atoms with Crippen molar-refractivity contribution in [1.82, 2.24) is 0 Å². The van der Waals surface area contributed by atoms with E-state index in [1.54, 1.807) is 18.2 Å². The van der Waals surface area contributed by atoms with E-state index in [9.17, 15) is 8.42 Å². The third-order valence-corrected chi connectivity index (χ3v) is 9.31. The molecular formula is C15H16ClIO2S. The molecule has 0 saturated carbocycles. The van der Waals surface area contributed by atoms with Gasteiger partial charge in [0, 0.05) is 10.9 Å². The Bertz CT molecular complexity index is 634. The zero-order valence-corrected chi connectivity index (χ0v) is 14.8. The Hall–Kier alpha value is -0.330. The van der Waals surface area contributed by atoms with Crippen LogP contribution in [0.25, 0.3) is 0 Å². The third-order valence-electron chi connectivity index (χ3n) is 3.50. The van der Waals surface area contributed by atoms with Gasteiger partial charge in [0.25, 0.3) is 0 Å². The Labute approximate surface area is 139 Å². The van der Waals surface area contributed by atoms with Crippen LogP contribution in [0.3, 0.4) is 0 Å². The maximum atomic E-state index is 12.6. The molecule has 0 fully saturated rings. The molecule has 1 aromatic carbocycles. The van der Waals surface area contributed by atoms with Crippen molar-refractivity contribution in [3.63, 3.8) is 0 Å². The number of alkyl halides is 1. The van der Waals surface area contributed by atoms with Gasteiger partial charge in [0.05, 0.1) is 5.75 Å². The van der Waals surface area contributed by atoms with Crippen LogP contribution >= 0.6 is 34.2 Å². The van der Waals surface area contributed by atoms with Crippen LogP contribution in [-0.2, 0) is 16.3 Å². The molecule has 0 aliphatic heterocycles. The SMILES string of the molecule is CC1C=CC=CC1(I)S(=O)(=O)CCc1ccc(Cl)cc1. The van der Waals surface area contributed by atoms with Gasteiger partial charge in [-0.05, 0) is 24.1 Å². The zero-order valence-electron chi connectivity index (χ0n) is 11.1. The summed E-state index contributed by atoms with van der Waals surface area (Å²) < 4.78 is 24.4. The summed E-state index contributed by atoms with van der Waals surface area (Å²) in [7, 11) is -3.22. The van der Waals surface area contributed by atoms with E-state index in [0.29, 0.717) is 11.4 Å². The van der Waals surface area contributed by atoms with Crippen molar-refractivity contribution in [2.24, 2.45) is 5.92 Å². The molecule has 20 heavy (non-hydrogen) atoms. The Kier molecular flexibility index (Phi) is 4.97. The number of rotatable bonds is 4. The van der Waals surface area contributed by atoms with E-state index in [-0.39, 0.29) is 11.7 Å². The summed E-state index contributed by atoms with van der Waals surface area (Å²) in [6, 6.07) is 7.32. The monoisotopic (exact) mass is 422 g/mol. The van der Waals surface area contributed by atoms with Gasteiger partial charge in [-0.25, -0.2) is 8.42 Å². The van der Waals surface area contributed by atoms with Gasteiger partial charge in [-0.15, -0.1) is 0 Å². The number of hydrogen-bond acceptors (Lipinski definition) is 2. The zero-order chi connectivity index (χ0) is 14.8. The lowest BCUT2D eigenvalue weighted by atomic mass is 10.0. The van der Waals surface area contributed by atoms with Crippen LogP contribution in [0.5, 0.6) is 0 Å². The molecule has 0 saturated heterocycles. The predicted octanol–water partition coefficient (Wildman–Crippen LogP) is 4.19. The molecule has 0 heterocycles. The van der Waals surface area contributed by atoms with E-state index in [1.807, 2.05) is 37.3 Å². The molecule has 2 rings (SSSR count). The quantitative estimate of drug-likeness (QED) is 0.538. The first kappa shape index (κ1) is 16.0. The fourth-order valence-electron chi connectivity index (χ4n) is 2.15. The fraction of sp³-hybridized carbons (Fsp3) is 0.333. The van der Waals surface area contributed by atoms with Gasteiger partial charge < -0.3 is 0 Å². The highest BCUT2D eigenvalue weighted by Gasteiger charge is 2.43. The van der Waals surface area contributed by atoms with Crippen LogP contribution in [0.4, 0.5) is 0 Å². The van der Waals surface area contributed by atoms with Gasteiger partial charge in [0.15, 0.2) is 9.84 Å².